The molecule has 1 rings (SSSR count). The first kappa shape index (κ1) is 26.7. The molecule has 13 nitrogen and oxygen atoms in total. The average molecular weight is 465 g/mol. The monoisotopic (exact) mass is 465 g/mol. The number of carbonyl (C=O) groups excluding carboxylic acids is 3. The molecule has 0 unspecified atom stereocenters. The molecule has 1 aromatic carbocycles. The number of amides is 1. The minimum absolute atomic E-state index is 0.00867. The van der Waals surface area contributed by atoms with Crippen LogP contribution in [0.2, 0.25) is 0 Å². The van der Waals surface area contributed by atoms with E-state index < -0.39 is 18.0 Å². The number of methoxy groups -OCH3 is 1. The van der Waals surface area contributed by atoms with E-state index in [4.69, 9.17) is 29.8 Å². The van der Waals surface area contributed by atoms with Crippen molar-refractivity contribution in [3.63, 3.8) is 0 Å². The number of nitrogens with zero attached hydrogens (tertiary/aromatic N) is 1. The third-order valence-corrected chi connectivity index (χ3v) is 3.48. The molecule has 4 N–H and O–H groups in total. The zero-order valence-corrected chi connectivity index (χ0v) is 18.5. The highest BCUT2D eigenvalue weighted by molar-refractivity contribution is 6.01. The minimum Gasteiger partial charge on any atom is -0.490 e. The highest BCUT2D eigenvalue weighted by Crippen LogP contribution is 2.17. The summed E-state index contributed by atoms with van der Waals surface area (Å²) >= 11 is 0. The molecule has 0 aromatic heterocycles. The maximum absolute atomic E-state index is 11.6. The van der Waals surface area contributed by atoms with Gasteiger partial charge >= 0.3 is 18.0 Å². The molecule has 0 aliphatic rings. The molecular formula is C20H27N5O8. The lowest BCUT2D eigenvalue weighted by atomic mass is 10.3. The zero-order valence-electron chi connectivity index (χ0n) is 18.5. The van der Waals surface area contributed by atoms with Gasteiger partial charge < -0.3 is 28.6 Å². The number of nitrogens with one attached hydrogen (secondary N) is 4. The van der Waals surface area contributed by atoms with Crippen molar-refractivity contribution in [1.29, 1.82) is 10.8 Å². The van der Waals surface area contributed by atoms with Crippen LogP contribution in [0.25, 0.3) is 0 Å². The molecule has 1 aromatic rings. The number of hydrogen-bond donors (Lipinski definition) is 4. The van der Waals surface area contributed by atoms with Crippen molar-refractivity contribution in [3.05, 3.63) is 36.4 Å². The smallest absolute Gasteiger partial charge is 0.414 e. The Hall–Kier alpha value is -4.29. The van der Waals surface area contributed by atoms with Gasteiger partial charge in [-0.25, -0.2) is 14.4 Å². The van der Waals surface area contributed by atoms with E-state index in [1.165, 1.54) is 12.0 Å². The summed E-state index contributed by atoms with van der Waals surface area (Å²) in [5.41, 5.74) is 0. The Bertz CT molecular complexity index is 855. The number of guanidine groups is 2. The van der Waals surface area contributed by atoms with Crippen LogP contribution in [-0.2, 0) is 23.8 Å². The van der Waals surface area contributed by atoms with Gasteiger partial charge in [0.25, 0.3) is 0 Å². The lowest BCUT2D eigenvalue weighted by molar-refractivity contribution is -0.139. The van der Waals surface area contributed by atoms with Gasteiger partial charge in [0.2, 0.25) is 5.96 Å². The van der Waals surface area contributed by atoms with E-state index in [0.717, 1.165) is 12.2 Å². The van der Waals surface area contributed by atoms with E-state index >= 15 is 0 Å². The summed E-state index contributed by atoms with van der Waals surface area (Å²) in [4.78, 5) is 35.2. The molecule has 0 spiro atoms. The zero-order chi connectivity index (χ0) is 24.6. The van der Waals surface area contributed by atoms with Gasteiger partial charge in [-0.2, -0.15) is 0 Å². The first-order chi connectivity index (χ1) is 15.7. The van der Waals surface area contributed by atoms with E-state index in [1.54, 1.807) is 38.4 Å². The van der Waals surface area contributed by atoms with Crippen molar-refractivity contribution < 1.29 is 38.1 Å². The van der Waals surface area contributed by atoms with Gasteiger partial charge in [0.05, 0.1) is 7.11 Å². The SMILES string of the molecule is COC(=O)/C=C/C(=O)OCCOc1ccc(OCCOC(=O)NC(=N)NC(=N)N(C)C)cc1. The van der Waals surface area contributed by atoms with E-state index in [-0.39, 0.29) is 38.3 Å². The van der Waals surface area contributed by atoms with Crippen LogP contribution in [-0.4, -0.2) is 82.5 Å². The van der Waals surface area contributed by atoms with Crippen LogP contribution in [0.1, 0.15) is 0 Å². The van der Waals surface area contributed by atoms with Crippen molar-refractivity contribution in [1.82, 2.24) is 15.5 Å². The topological polar surface area (TPSA) is 172 Å². The molecular weight excluding hydrogens is 438 g/mol. The number of carbonyl (C=O) groups is 3. The maximum Gasteiger partial charge on any atom is 0.414 e. The first-order valence-corrected chi connectivity index (χ1v) is 9.55. The molecule has 0 aliphatic heterocycles. The molecule has 0 atom stereocenters. The predicted molar refractivity (Wildman–Crippen MR) is 116 cm³/mol. The molecule has 13 heteroatoms. The van der Waals surface area contributed by atoms with Crippen LogP contribution < -0.4 is 20.1 Å². The van der Waals surface area contributed by atoms with Gasteiger partial charge in [0.1, 0.15) is 37.9 Å². The van der Waals surface area contributed by atoms with E-state index in [1.807, 2.05) is 0 Å². The quantitative estimate of drug-likeness (QED) is 0.0950. The fraction of sp³-hybridized carbons (Fsp3) is 0.350. The molecule has 180 valence electrons. The van der Waals surface area contributed by atoms with Crippen LogP contribution in [0.4, 0.5) is 4.79 Å². The van der Waals surface area contributed by atoms with Crippen LogP contribution in [0.5, 0.6) is 11.5 Å². The molecule has 1 amide bonds. The minimum atomic E-state index is -0.854. The number of rotatable bonds is 10. The van der Waals surface area contributed by atoms with Gasteiger partial charge in [-0.1, -0.05) is 0 Å². The molecule has 0 saturated carbocycles. The van der Waals surface area contributed by atoms with Crippen molar-refractivity contribution >= 4 is 30.0 Å². The third-order valence-electron chi connectivity index (χ3n) is 3.48. The van der Waals surface area contributed by atoms with Crippen LogP contribution in [0.3, 0.4) is 0 Å². The fourth-order valence-electron chi connectivity index (χ4n) is 1.88. The molecule has 0 aliphatic carbocycles. The predicted octanol–water partition coefficient (Wildman–Crippen LogP) is 0.464. The maximum atomic E-state index is 11.6. The van der Waals surface area contributed by atoms with Crippen molar-refractivity contribution in [2.45, 2.75) is 0 Å². The summed E-state index contributed by atoms with van der Waals surface area (Å²) in [6.07, 6.45) is 1.07. The van der Waals surface area contributed by atoms with Gasteiger partial charge in [0, 0.05) is 26.2 Å². The summed E-state index contributed by atoms with van der Waals surface area (Å²) in [6.45, 7) is 0.124. The van der Waals surface area contributed by atoms with Crippen molar-refractivity contribution in [2.24, 2.45) is 0 Å². The number of hydrogen-bond acceptors (Lipinski definition) is 10. The van der Waals surface area contributed by atoms with Gasteiger partial charge in [-0.15, -0.1) is 0 Å². The second kappa shape index (κ2) is 14.7. The van der Waals surface area contributed by atoms with Crippen LogP contribution in [0, 0.1) is 10.8 Å². The highest BCUT2D eigenvalue weighted by Gasteiger charge is 2.08. The summed E-state index contributed by atoms with van der Waals surface area (Å²) in [5.74, 6) is -0.763. The summed E-state index contributed by atoms with van der Waals surface area (Å²) in [5, 5.41) is 19.5. The Morgan fingerprint density at radius 3 is 1.88 bits per heavy atom. The highest BCUT2D eigenvalue weighted by atomic mass is 16.6. The number of benzene rings is 1. The summed E-state index contributed by atoms with van der Waals surface area (Å²) < 4.78 is 25.0. The van der Waals surface area contributed by atoms with E-state index in [9.17, 15) is 14.4 Å². The molecule has 0 radical (unpaired) electrons. The Labute approximate surface area is 190 Å². The summed E-state index contributed by atoms with van der Waals surface area (Å²) in [6, 6.07) is 6.59. The van der Waals surface area contributed by atoms with Crippen molar-refractivity contribution in [3.8, 4) is 11.5 Å². The second-order valence-corrected chi connectivity index (χ2v) is 6.20. The Morgan fingerprint density at radius 2 is 1.36 bits per heavy atom. The fourth-order valence-corrected chi connectivity index (χ4v) is 1.88. The molecule has 33 heavy (non-hydrogen) atoms. The number of alkyl carbamates (subject to hydrolysis) is 1. The van der Waals surface area contributed by atoms with E-state index in [0.29, 0.717) is 11.5 Å². The Morgan fingerprint density at radius 1 is 0.848 bits per heavy atom. The lowest BCUT2D eigenvalue weighted by Crippen LogP contribution is -2.47. The van der Waals surface area contributed by atoms with Crippen LogP contribution in [0.15, 0.2) is 36.4 Å². The third kappa shape index (κ3) is 12.2. The van der Waals surface area contributed by atoms with Crippen LogP contribution >= 0.6 is 0 Å². The molecule has 0 saturated heterocycles. The Kier molecular flexibility index (Phi) is 11.9. The first-order valence-electron chi connectivity index (χ1n) is 9.55. The molecule has 0 bridgehead atoms. The second-order valence-electron chi connectivity index (χ2n) is 6.20. The van der Waals surface area contributed by atoms with E-state index in [2.05, 4.69) is 15.4 Å². The van der Waals surface area contributed by atoms with Gasteiger partial charge in [0.15, 0.2) is 5.96 Å². The number of esters is 2. The number of ether oxygens (including phenoxy) is 5. The van der Waals surface area contributed by atoms with Crippen molar-refractivity contribution in [2.75, 3.05) is 47.6 Å². The summed E-state index contributed by atoms with van der Waals surface area (Å²) in [7, 11) is 4.43. The standard InChI is InChI=1S/C20H27N5O8/c1-25(2)19(22)23-18(21)24-20(28)33-13-11-31-15-6-4-14(5-7-15)30-10-12-32-17(27)9-8-16(26)29-3/h4-9H,10-13H2,1-3H3,(H4,21,22,23,24,28)/b9-8+. The molecule has 0 heterocycles. The largest absolute Gasteiger partial charge is 0.490 e. The Balaban J connectivity index is 2.20. The lowest BCUT2D eigenvalue weighted by Gasteiger charge is -2.16. The average Bonchev–Trinajstić information content (AvgIpc) is 2.78. The normalized spacial score (nSPS) is 10.0. The van der Waals surface area contributed by atoms with Gasteiger partial charge in [-0.05, 0) is 24.3 Å². The molecule has 0 fully saturated rings. The van der Waals surface area contributed by atoms with Gasteiger partial charge in [-0.3, -0.25) is 21.5 Å².